The lowest BCUT2D eigenvalue weighted by atomic mass is 10.1. The summed E-state index contributed by atoms with van der Waals surface area (Å²) < 4.78 is 16.6. The van der Waals surface area contributed by atoms with Crippen molar-refractivity contribution in [2.24, 2.45) is 0 Å². The highest BCUT2D eigenvalue weighted by Gasteiger charge is 2.16. The molecule has 8 heteroatoms. The Bertz CT molecular complexity index is 872. The molecule has 0 radical (unpaired) electrons. The normalized spacial score (nSPS) is 10.3. The molecule has 0 saturated heterocycles. The Hall–Kier alpha value is -2.84. The predicted octanol–water partition coefficient (Wildman–Crippen LogP) is 4.37. The Morgan fingerprint density at radius 3 is 2.10 bits per heavy atom. The highest BCUT2D eigenvalue weighted by atomic mass is 32.1. The van der Waals surface area contributed by atoms with Crippen LogP contribution in [0.1, 0.15) is 36.2 Å². The summed E-state index contributed by atoms with van der Waals surface area (Å²) in [7, 11) is 1.67. The van der Waals surface area contributed by atoms with Crippen molar-refractivity contribution >= 4 is 34.6 Å². The number of hydrogen-bond donors (Lipinski definition) is 3. The number of amides is 1. The highest BCUT2D eigenvalue weighted by molar-refractivity contribution is 7.80. The molecule has 0 fully saturated rings. The molecule has 0 unspecified atom stereocenters. The van der Waals surface area contributed by atoms with Crippen LogP contribution in [0.3, 0.4) is 0 Å². The van der Waals surface area contributed by atoms with Crippen LogP contribution in [0.15, 0.2) is 36.4 Å². The first-order valence-electron chi connectivity index (χ1n) is 10.3. The smallest absolute Gasteiger partial charge is 0.255 e. The van der Waals surface area contributed by atoms with Gasteiger partial charge in [0.1, 0.15) is 11.5 Å². The monoisotopic (exact) mass is 445 g/mol. The Labute approximate surface area is 189 Å². The second-order valence-corrected chi connectivity index (χ2v) is 7.17. The van der Waals surface area contributed by atoms with Crippen molar-refractivity contribution in [1.29, 1.82) is 0 Å². The first kappa shape index (κ1) is 24.4. The molecule has 31 heavy (non-hydrogen) atoms. The number of aryl methyl sites for hydroxylation is 1. The van der Waals surface area contributed by atoms with Crippen molar-refractivity contribution in [3.63, 3.8) is 0 Å². The van der Waals surface area contributed by atoms with Gasteiger partial charge in [-0.25, -0.2) is 0 Å². The zero-order valence-corrected chi connectivity index (χ0v) is 19.4. The summed E-state index contributed by atoms with van der Waals surface area (Å²) in [6.45, 7) is 8.01. The molecule has 0 bridgehead atoms. The van der Waals surface area contributed by atoms with E-state index in [0.29, 0.717) is 59.9 Å². The standard InChI is InChI=1S/C23H31N3O4S/c1-5-29-20-15-19(26-23(31)24-12-7-13-28-4)21(30-6-2)14-18(20)25-22(27)17-10-8-16(3)9-11-17/h8-11,14-15H,5-7,12-13H2,1-4H3,(H,25,27)(H2,24,26,31). The van der Waals surface area contributed by atoms with Crippen LogP contribution in [0.25, 0.3) is 0 Å². The van der Waals surface area contributed by atoms with E-state index in [-0.39, 0.29) is 5.91 Å². The van der Waals surface area contributed by atoms with Gasteiger partial charge < -0.3 is 30.2 Å². The van der Waals surface area contributed by atoms with Crippen LogP contribution in [-0.4, -0.2) is 44.5 Å². The number of hydrogen-bond acceptors (Lipinski definition) is 5. The fourth-order valence-corrected chi connectivity index (χ4v) is 3.00. The minimum atomic E-state index is -0.223. The van der Waals surface area contributed by atoms with Crippen molar-refractivity contribution < 1.29 is 19.0 Å². The van der Waals surface area contributed by atoms with E-state index in [4.69, 9.17) is 26.4 Å². The maximum absolute atomic E-state index is 12.7. The molecule has 0 aromatic heterocycles. The van der Waals surface area contributed by atoms with Crippen molar-refractivity contribution in [1.82, 2.24) is 5.32 Å². The quantitative estimate of drug-likeness (QED) is 0.350. The van der Waals surface area contributed by atoms with Gasteiger partial charge in [-0.05, 0) is 51.5 Å². The molecule has 168 valence electrons. The van der Waals surface area contributed by atoms with Crippen molar-refractivity contribution in [3.8, 4) is 11.5 Å². The van der Waals surface area contributed by atoms with Crippen molar-refractivity contribution in [2.75, 3.05) is 44.1 Å². The number of methoxy groups -OCH3 is 1. The second-order valence-electron chi connectivity index (χ2n) is 6.76. The van der Waals surface area contributed by atoms with Gasteiger partial charge in [0.2, 0.25) is 0 Å². The molecular weight excluding hydrogens is 414 g/mol. The van der Waals surface area contributed by atoms with Gasteiger partial charge in [-0.15, -0.1) is 0 Å². The molecule has 0 aliphatic rings. The van der Waals surface area contributed by atoms with Crippen LogP contribution in [0.4, 0.5) is 11.4 Å². The summed E-state index contributed by atoms with van der Waals surface area (Å²) in [6, 6.07) is 10.9. The largest absolute Gasteiger partial charge is 0.492 e. The maximum atomic E-state index is 12.7. The molecule has 2 rings (SSSR count). The minimum absolute atomic E-state index is 0.223. The third-order valence-corrected chi connectivity index (χ3v) is 4.55. The highest BCUT2D eigenvalue weighted by Crippen LogP contribution is 2.37. The third-order valence-electron chi connectivity index (χ3n) is 4.30. The van der Waals surface area contributed by atoms with Gasteiger partial charge in [0, 0.05) is 38.0 Å². The lowest BCUT2D eigenvalue weighted by molar-refractivity contribution is 0.102. The van der Waals surface area contributed by atoms with Gasteiger partial charge in [-0.2, -0.15) is 0 Å². The molecular formula is C23H31N3O4S. The lowest BCUT2D eigenvalue weighted by Gasteiger charge is -2.19. The summed E-state index contributed by atoms with van der Waals surface area (Å²) in [5, 5.41) is 9.68. The fourth-order valence-electron chi connectivity index (χ4n) is 2.79. The Balaban J connectivity index is 2.23. The number of carbonyl (C=O) groups is 1. The lowest BCUT2D eigenvalue weighted by Crippen LogP contribution is -2.30. The number of benzene rings is 2. The third kappa shape index (κ3) is 7.73. The molecule has 2 aromatic rings. The first-order valence-corrected chi connectivity index (χ1v) is 10.7. The Kier molecular flexibility index (Phi) is 10.1. The summed E-state index contributed by atoms with van der Waals surface area (Å²) >= 11 is 5.39. The van der Waals surface area contributed by atoms with Crippen LogP contribution in [0, 0.1) is 6.92 Å². The predicted molar refractivity (Wildman–Crippen MR) is 129 cm³/mol. The van der Waals surface area contributed by atoms with Gasteiger partial charge >= 0.3 is 0 Å². The van der Waals surface area contributed by atoms with E-state index >= 15 is 0 Å². The minimum Gasteiger partial charge on any atom is -0.492 e. The van der Waals surface area contributed by atoms with E-state index in [0.717, 1.165) is 12.0 Å². The molecule has 0 atom stereocenters. The zero-order chi connectivity index (χ0) is 22.6. The molecule has 0 heterocycles. The number of nitrogens with one attached hydrogen (secondary N) is 3. The number of thiocarbonyl (C=S) groups is 1. The average molecular weight is 446 g/mol. The van der Waals surface area contributed by atoms with Gasteiger partial charge in [0.15, 0.2) is 5.11 Å². The van der Waals surface area contributed by atoms with Gasteiger partial charge in [-0.1, -0.05) is 17.7 Å². The van der Waals surface area contributed by atoms with Crippen molar-refractivity contribution in [3.05, 3.63) is 47.5 Å². The summed E-state index contributed by atoms with van der Waals surface area (Å²) in [4.78, 5) is 12.7. The number of rotatable bonds is 11. The maximum Gasteiger partial charge on any atom is 0.255 e. The van der Waals surface area contributed by atoms with E-state index < -0.39 is 0 Å². The Morgan fingerprint density at radius 1 is 0.968 bits per heavy atom. The van der Waals surface area contributed by atoms with E-state index in [1.54, 1.807) is 31.4 Å². The molecule has 0 aliphatic heterocycles. The topological polar surface area (TPSA) is 80.8 Å². The molecule has 0 spiro atoms. The van der Waals surface area contributed by atoms with Crippen LogP contribution in [0.2, 0.25) is 0 Å². The molecule has 3 N–H and O–H groups in total. The SMILES string of the molecule is CCOc1cc(NC(=S)NCCCOC)c(OCC)cc1NC(=O)c1ccc(C)cc1. The molecule has 1 amide bonds. The zero-order valence-electron chi connectivity index (χ0n) is 18.5. The van der Waals surface area contributed by atoms with E-state index in [2.05, 4.69) is 16.0 Å². The number of ether oxygens (including phenoxy) is 3. The number of carbonyl (C=O) groups excluding carboxylic acids is 1. The van der Waals surface area contributed by atoms with E-state index in [9.17, 15) is 4.79 Å². The first-order chi connectivity index (χ1) is 15.0. The Morgan fingerprint density at radius 2 is 1.55 bits per heavy atom. The summed E-state index contributed by atoms with van der Waals surface area (Å²) in [5.41, 5.74) is 2.84. The van der Waals surface area contributed by atoms with Gasteiger partial charge in [-0.3, -0.25) is 4.79 Å². The van der Waals surface area contributed by atoms with Crippen LogP contribution in [-0.2, 0) is 4.74 Å². The van der Waals surface area contributed by atoms with Crippen LogP contribution in [0.5, 0.6) is 11.5 Å². The summed E-state index contributed by atoms with van der Waals surface area (Å²) in [5.74, 6) is 0.863. The molecule has 2 aromatic carbocycles. The fraction of sp³-hybridized carbons (Fsp3) is 0.391. The van der Waals surface area contributed by atoms with Crippen LogP contribution < -0.4 is 25.4 Å². The molecule has 0 aliphatic carbocycles. The molecule has 0 saturated carbocycles. The van der Waals surface area contributed by atoms with Gasteiger partial charge in [0.05, 0.1) is 24.6 Å². The van der Waals surface area contributed by atoms with Crippen LogP contribution >= 0.6 is 12.2 Å². The summed E-state index contributed by atoms with van der Waals surface area (Å²) in [6.07, 6.45) is 0.838. The van der Waals surface area contributed by atoms with Crippen molar-refractivity contribution in [2.45, 2.75) is 27.2 Å². The van der Waals surface area contributed by atoms with E-state index in [1.807, 2.05) is 32.9 Å². The average Bonchev–Trinajstić information content (AvgIpc) is 2.75. The van der Waals surface area contributed by atoms with Gasteiger partial charge in [0.25, 0.3) is 5.91 Å². The second kappa shape index (κ2) is 12.8. The molecule has 7 nitrogen and oxygen atoms in total. The number of anilines is 2. The van der Waals surface area contributed by atoms with E-state index in [1.165, 1.54) is 0 Å².